The van der Waals surface area contributed by atoms with Gasteiger partial charge < -0.3 is 21.1 Å². The number of amides is 2. The summed E-state index contributed by atoms with van der Waals surface area (Å²) in [6.07, 6.45) is 1.85. The second-order valence-electron chi connectivity index (χ2n) is 4.44. The van der Waals surface area contributed by atoms with Crippen LogP contribution in [0.3, 0.4) is 0 Å². The molecule has 1 saturated heterocycles. The van der Waals surface area contributed by atoms with E-state index in [9.17, 15) is 9.59 Å². The Morgan fingerprint density at radius 1 is 1.63 bits per heavy atom. The molecule has 0 aliphatic carbocycles. The first-order valence-electron chi connectivity index (χ1n) is 6.02. The summed E-state index contributed by atoms with van der Waals surface area (Å²) in [4.78, 5) is 28.1. The van der Waals surface area contributed by atoms with Crippen LogP contribution >= 0.6 is 11.3 Å². The number of carboxylic acids is 1. The number of thiazole rings is 1. The lowest BCUT2D eigenvalue weighted by molar-refractivity contribution is 0.0691. The largest absolute Gasteiger partial charge is 0.476 e. The highest BCUT2D eigenvalue weighted by molar-refractivity contribution is 7.09. The average Bonchev–Trinajstić information content (AvgIpc) is 2.85. The van der Waals surface area contributed by atoms with Crippen molar-refractivity contribution in [2.24, 2.45) is 5.73 Å². The van der Waals surface area contributed by atoms with Gasteiger partial charge in [0.05, 0.1) is 6.54 Å². The van der Waals surface area contributed by atoms with Gasteiger partial charge in [-0.2, -0.15) is 0 Å². The van der Waals surface area contributed by atoms with Crippen molar-refractivity contribution in [3.8, 4) is 0 Å². The van der Waals surface area contributed by atoms with Gasteiger partial charge >= 0.3 is 12.0 Å². The highest BCUT2D eigenvalue weighted by Crippen LogP contribution is 2.11. The second kappa shape index (κ2) is 5.98. The smallest absolute Gasteiger partial charge is 0.355 e. The first-order valence-corrected chi connectivity index (χ1v) is 6.90. The summed E-state index contributed by atoms with van der Waals surface area (Å²) in [5.41, 5.74) is 5.82. The zero-order chi connectivity index (χ0) is 13.8. The molecule has 1 atom stereocenters. The molecule has 0 saturated carbocycles. The molecule has 7 nitrogen and oxygen atoms in total. The summed E-state index contributed by atoms with van der Waals surface area (Å²) in [6, 6.07) is -0.139. The zero-order valence-corrected chi connectivity index (χ0v) is 11.2. The molecule has 8 heteroatoms. The van der Waals surface area contributed by atoms with E-state index in [1.165, 1.54) is 16.7 Å². The van der Waals surface area contributed by atoms with Gasteiger partial charge in [-0.1, -0.05) is 0 Å². The minimum atomic E-state index is -1.06. The molecule has 4 N–H and O–H groups in total. The quantitative estimate of drug-likeness (QED) is 0.748. The topological polar surface area (TPSA) is 109 Å². The summed E-state index contributed by atoms with van der Waals surface area (Å²) >= 11 is 1.22. The molecule has 2 amide bonds. The highest BCUT2D eigenvalue weighted by Gasteiger charge is 2.21. The van der Waals surface area contributed by atoms with Crippen LogP contribution in [0.25, 0.3) is 0 Å². The number of hydrogen-bond acceptors (Lipinski definition) is 5. The van der Waals surface area contributed by atoms with Crippen molar-refractivity contribution in [3.05, 3.63) is 16.1 Å². The minimum absolute atomic E-state index is 0.00856. The fourth-order valence-corrected chi connectivity index (χ4v) is 2.66. The lowest BCUT2D eigenvalue weighted by Gasteiger charge is -2.30. The van der Waals surface area contributed by atoms with E-state index in [1.54, 1.807) is 4.90 Å². The Kier molecular flexibility index (Phi) is 4.33. The lowest BCUT2D eigenvalue weighted by atomic mass is 10.1. The number of nitrogens with two attached hydrogens (primary N) is 1. The molecule has 1 aromatic rings. The third-order valence-electron chi connectivity index (χ3n) is 2.91. The summed E-state index contributed by atoms with van der Waals surface area (Å²) in [5, 5.41) is 13.5. The summed E-state index contributed by atoms with van der Waals surface area (Å²) < 4.78 is 0. The van der Waals surface area contributed by atoms with Crippen LogP contribution in [0.1, 0.15) is 28.3 Å². The number of nitrogens with zero attached hydrogens (tertiary/aromatic N) is 2. The van der Waals surface area contributed by atoms with E-state index in [-0.39, 0.29) is 24.3 Å². The maximum Gasteiger partial charge on any atom is 0.355 e. The number of nitrogens with one attached hydrogen (secondary N) is 1. The normalized spacial score (nSPS) is 19.2. The molecule has 1 aliphatic rings. The van der Waals surface area contributed by atoms with Crippen molar-refractivity contribution in [2.45, 2.75) is 25.4 Å². The summed E-state index contributed by atoms with van der Waals surface area (Å²) in [6.45, 7) is 1.50. The van der Waals surface area contributed by atoms with Gasteiger partial charge in [0.15, 0.2) is 5.69 Å². The Balaban J connectivity index is 1.84. The van der Waals surface area contributed by atoms with E-state index >= 15 is 0 Å². The molecule has 19 heavy (non-hydrogen) atoms. The molecule has 1 aromatic heterocycles. The number of hydrogen-bond donors (Lipinski definition) is 3. The predicted octanol–water partition coefficient (Wildman–Crippen LogP) is 0.474. The van der Waals surface area contributed by atoms with Crippen molar-refractivity contribution in [1.29, 1.82) is 0 Å². The Bertz CT molecular complexity index is 476. The number of carbonyl (C=O) groups is 2. The van der Waals surface area contributed by atoms with E-state index < -0.39 is 5.97 Å². The van der Waals surface area contributed by atoms with E-state index in [0.29, 0.717) is 18.1 Å². The van der Waals surface area contributed by atoms with Crippen molar-refractivity contribution in [3.63, 3.8) is 0 Å². The molecule has 104 valence electrons. The van der Waals surface area contributed by atoms with Crippen LogP contribution in [0, 0.1) is 0 Å². The monoisotopic (exact) mass is 284 g/mol. The van der Waals surface area contributed by atoms with Crippen molar-refractivity contribution in [1.82, 2.24) is 15.2 Å². The molecular weight excluding hydrogens is 268 g/mol. The molecule has 0 aromatic carbocycles. The zero-order valence-electron chi connectivity index (χ0n) is 10.3. The van der Waals surface area contributed by atoms with Gasteiger partial charge in [0, 0.05) is 24.5 Å². The maximum atomic E-state index is 11.9. The van der Waals surface area contributed by atoms with Crippen LogP contribution in [0.15, 0.2) is 5.38 Å². The summed E-state index contributed by atoms with van der Waals surface area (Å²) in [5.74, 6) is -1.06. The molecule has 1 fully saturated rings. The molecule has 0 radical (unpaired) electrons. The van der Waals surface area contributed by atoms with Gasteiger partial charge in [-0.05, 0) is 12.8 Å². The lowest BCUT2D eigenvalue weighted by Crippen LogP contribution is -2.49. The van der Waals surface area contributed by atoms with Crippen LogP contribution in [-0.2, 0) is 6.54 Å². The number of carboxylic acid groups (broad SMARTS) is 1. The SMILES string of the molecule is NC1CCCN(C(=O)NCc2nc(C(=O)O)cs2)C1. The molecule has 2 heterocycles. The number of urea groups is 1. The van der Waals surface area contributed by atoms with Crippen molar-refractivity contribution in [2.75, 3.05) is 13.1 Å². The highest BCUT2D eigenvalue weighted by atomic mass is 32.1. The van der Waals surface area contributed by atoms with Crippen LogP contribution in [0.2, 0.25) is 0 Å². The van der Waals surface area contributed by atoms with E-state index in [0.717, 1.165) is 12.8 Å². The number of carbonyl (C=O) groups excluding carboxylic acids is 1. The molecule has 0 bridgehead atoms. The van der Waals surface area contributed by atoms with E-state index in [2.05, 4.69) is 10.3 Å². The fourth-order valence-electron chi connectivity index (χ4n) is 1.95. The molecular formula is C11H16N4O3S. The van der Waals surface area contributed by atoms with Crippen LogP contribution in [0.4, 0.5) is 4.79 Å². The van der Waals surface area contributed by atoms with Crippen LogP contribution in [-0.4, -0.2) is 46.1 Å². The van der Waals surface area contributed by atoms with E-state index in [1.807, 2.05) is 0 Å². The Morgan fingerprint density at radius 3 is 3.05 bits per heavy atom. The average molecular weight is 284 g/mol. The molecule has 0 spiro atoms. The standard InChI is InChI=1S/C11H16N4O3S/c12-7-2-1-3-15(5-7)11(18)13-4-9-14-8(6-19-9)10(16)17/h6-7H,1-5,12H2,(H,13,18)(H,16,17). The van der Waals surface area contributed by atoms with Gasteiger partial charge in [0.25, 0.3) is 0 Å². The van der Waals surface area contributed by atoms with Gasteiger partial charge in [-0.3, -0.25) is 0 Å². The second-order valence-corrected chi connectivity index (χ2v) is 5.38. The van der Waals surface area contributed by atoms with E-state index in [4.69, 9.17) is 10.8 Å². The third kappa shape index (κ3) is 3.65. The molecule has 1 aliphatic heterocycles. The Morgan fingerprint density at radius 2 is 2.42 bits per heavy atom. The molecule has 2 rings (SSSR count). The first-order chi connectivity index (χ1) is 9.06. The third-order valence-corrected chi connectivity index (χ3v) is 3.76. The fraction of sp³-hybridized carbons (Fsp3) is 0.545. The molecule has 1 unspecified atom stereocenters. The van der Waals surface area contributed by atoms with Crippen LogP contribution < -0.4 is 11.1 Å². The van der Waals surface area contributed by atoms with Crippen LogP contribution in [0.5, 0.6) is 0 Å². The maximum absolute atomic E-state index is 11.9. The minimum Gasteiger partial charge on any atom is -0.476 e. The van der Waals surface area contributed by atoms with Gasteiger partial charge in [0.1, 0.15) is 5.01 Å². The van der Waals surface area contributed by atoms with Gasteiger partial charge in [0.2, 0.25) is 0 Å². The summed E-state index contributed by atoms with van der Waals surface area (Å²) in [7, 11) is 0. The Labute approximate surface area is 114 Å². The van der Waals surface area contributed by atoms with Gasteiger partial charge in [-0.15, -0.1) is 11.3 Å². The first kappa shape index (κ1) is 13.8. The predicted molar refractivity (Wildman–Crippen MR) is 70.1 cm³/mol. The van der Waals surface area contributed by atoms with Crippen molar-refractivity contribution >= 4 is 23.3 Å². The number of rotatable bonds is 3. The van der Waals surface area contributed by atoms with Gasteiger partial charge in [-0.25, -0.2) is 14.6 Å². The number of aromatic nitrogens is 1. The number of likely N-dealkylation sites (tertiary alicyclic amines) is 1. The van der Waals surface area contributed by atoms with Crippen molar-refractivity contribution < 1.29 is 14.7 Å². The Hall–Kier alpha value is -1.67. The number of piperidine rings is 1. The number of aromatic carboxylic acids is 1.